The molecule has 0 saturated carbocycles. The van der Waals surface area contributed by atoms with Gasteiger partial charge in [-0.05, 0) is 25.7 Å². The summed E-state index contributed by atoms with van der Waals surface area (Å²) in [7, 11) is 3.57. The van der Waals surface area contributed by atoms with Gasteiger partial charge in [0.1, 0.15) is 23.8 Å². The van der Waals surface area contributed by atoms with Crippen molar-refractivity contribution in [2.45, 2.75) is 37.9 Å². The maximum Gasteiger partial charge on any atom is 0.235 e. The molecule has 2 aliphatic heterocycles. The number of carbonyl (C=O) groups excluding carboxylic acids is 2. The van der Waals surface area contributed by atoms with Gasteiger partial charge in [0.2, 0.25) is 11.8 Å². The smallest absolute Gasteiger partial charge is 0.235 e. The quantitative estimate of drug-likeness (QED) is 0.636. The number of anilines is 2. The lowest BCUT2D eigenvalue weighted by Crippen LogP contribution is -2.20. The number of rotatable bonds is 8. The summed E-state index contributed by atoms with van der Waals surface area (Å²) in [5, 5.41) is 14.6. The minimum absolute atomic E-state index is 0.00248. The molecule has 4 rings (SSSR count). The number of nitrogens with zero attached hydrogens (tertiary/aromatic N) is 4. The highest BCUT2D eigenvalue weighted by molar-refractivity contribution is 8.00. The summed E-state index contributed by atoms with van der Waals surface area (Å²) in [6.07, 6.45) is 3.94. The van der Waals surface area contributed by atoms with E-state index in [1.807, 2.05) is 12.1 Å². The molecule has 0 aliphatic carbocycles. The minimum Gasteiger partial charge on any atom is -0.372 e. The first-order valence-corrected chi connectivity index (χ1v) is 11.6. The van der Waals surface area contributed by atoms with Crippen molar-refractivity contribution in [2.75, 3.05) is 35.4 Å². The SMILES string of the molecule is Cn1nc(C2CCCO2)cc1NC(=O)CSCC(=O)Nc1cc(C2CCCO2)nn1C. The zero-order chi connectivity index (χ0) is 21.8. The molecule has 2 N–H and O–H groups in total. The molecule has 2 saturated heterocycles. The summed E-state index contributed by atoms with van der Waals surface area (Å²) in [5.74, 6) is 1.22. The van der Waals surface area contributed by atoms with E-state index in [9.17, 15) is 9.59 Å². The third-order valence-electron chi connectivity index (χ3n) is 5.32. The molecule has 2 aromatic rings. The minimum atomic E-state index is -0.180. The van der Waals surface area contributed by atoms with Gasteiger partial charge in [0, 0.05) is 39.4 Å². The molecule has 0 bridgehead atoms. The van der Waals surface area contributed by atoms with E-state index in [-0.39, 0.29) is 35.5 Å². The Bertz CT molecular complexity index is 856. The first-order valence-electron chi connectivity index (χ1n) is 10.5. The van der Waals surface area contributed by atoms with Crippen molar-refractivity contribution in [1.82, 2.24) is 19.6 Å². The van der Waals surface area contributed by atoms with Gasteiger partial charge in [-0.15, -0.1) is 11.8 Å². The fourth-order valence-corrected chi connectivity index (χ4v) is 4.36. The van der Waals surface area contributed by atoms with Crippen LogP contribution in [-0.4, -0.2) is 56.1 Å². The molecule has 2 aliphatic rings. The fourth-order valence-electron chi connectivity index (χ4n) is 3.74. The van der Waals surface area contributed by atoms with Gasteiger partial charge in [-0.25, -0.2) is 0 Å². The number of ether oxygens (including phenoxy) is 2. The monoisotopic (exact) mass is 448 g/mol. The van der Waals surface area contributed by atoms with Crippen LogP contribution in [0.5, 0.6) is 0 Å². The molecule has 168 valence electrons. The van der Waals surface area contributed by atoms with E-state index in [4.69, 9.17) is 9.47 Å². The molecular weight excluding hydrogens is 420 g/mol. The average molecular weight is 449 g/mol. The van der Waals surface area contributed by atoms with Crippen LogP contribution in [0.1, 0.15) is 49.3 Å². The predicted octanol–water partition coefficient (Wildman–Crippen LogP) is 2.17. The van der Waals surface area contributed by atoms with Gasteiger partial charge in [-0.3, -0.25) is 19.0 Å². The van der Waals surface area contributed by atoms with Crippen molar-refractivity contribution < 1.29 is 19.1 Å². The highest BCUT2D eigenvalue weighted by Gasteiger charge is 2.23. The van der Waals surface area contributed by atoms with Crippen molar-refractivity contribution >= 4 is 35.2 Å². The Labute approximate surface area is 185 Å². The Hall–Kier alpha value is -2.37. The van der Waals surface area contributed by atoms with Gasteiger partial charge < -0.3 is 20.1 Å². The Morgan fingerprint density at radius 3 is 1.77 bits per heavy atom. The number of thioether (sulfide) groups is 1. The summed E-state index contributed by atoms with van der Waals surface area (Å²) < 4.78 is 14.6. The van der Waals surface area contributed by atoms with E-state index in [0.29, 0.717) is 11.6 Å². The highest BCUT2D eigenvalue weighted by atomic mass is 32.2. The van der Waals surface area contributed by atoms with Crippen molar-refractivity contribution in [3.8, 4) is 0 Å². The Kier molecular flexibility index (Phi) is 6.93. The molecule has 2 aromatic heterocycles. The maximum absolute atomic E-state index is 12.3. The van der Waals surface area contributed by atoms with E-state index in [0.717, 1.165) is 50.3 Å². The summed E-state index contributed by atoms with van der Waals surface area (Å²) in [4.78, 5) is 24.6. The van der Waals surface area contributed by atoms with Crippen LogP contribution >= 0.6 is 11.8 Å². The fraction of sp³-hybridized carbons (Fsp3) is 0.600. The predicted molar refractivity (Wildman–Crippen MR) is 117 cm³/mol. The van der Waals surface area contributed by atoms with Crippen molar-refractivity contribution in [3.63, 3.8) is 0 Å². The molecule has 0 aromatic carbocycles. The first-order chi connectivity index (χ1) is 15.0. The summed E-state index contributed by atoms with van der Waals surface area (Å²) in [5.41, 5.74) is 1.67. The molecule has 2 fully saturated rings. The van der Waals surface area contributed by atoms with E-state index < -0.39 is 0 Å². The van der Waals surface area contributed by atoms with E-state index >= 15 is 0 Å². The number of amides is 2. The number of aryl methyl sites for hydroxylation is 2. The van der Waals surface area contributed by atoms with Crippen molar-refractivity contribution in [1.29, 1.82) is 0 Å². The lowest BCUT2D eigenvalue weighted by atomic mass is 10.2. The largest absolute Gasteiger partial charge is 0.372 e. The Balaban J connectivity index is 1.21. The zero-order valence-electron chi connectivity index (χ0n) is 17.8. The van der Waals surface area contributed by atoms with Crippen LogP contribution in [0.4, 0.5) is 11.6 Å². The second-order valence-electron chi connectivity index (χ2n) is 7.75. The Morgan fingerprint density at radius 2 is 1.39 bits per heavy atom. The molecule has 10 nitrogen and oxygen atoms in total. The molecule has 0 radical (unpaired) electrons. The van der Waals surface area contributed by atoms with Crippen LogP contribution in [0, 0.1) is 0 Å². The molecular formula is C20H28N6O4S. The Morgan fingerprint density at radius 1 is 0.935 bits per heavy atom. The van der Waals surface area contributed by atoms with Gasteiger partial charge in [0.05, 0.1) is 22.9 Å². The number of aromatic nitrogens is 4. The standard InChI is InChI=1S/C20H28N6O4S/c1-25-17(9-13(23-25)15-5-3-7-29-15)21-19(27)11-31-12-20(28)22-18-10-14(24-26(18)2)16-6-4-8-30-16/h9-10,15-16H,3-8,11-12H2,1-2H3,(H,21,27)(H,22,28). The molecule has 2 amide bonds. The normalized spacial score (nSPS) is 20.8. The third-order valence-corrected chi connectivity index (χ3v) is 6.25. The second-order valence-corrected chi connectivity index (χ2v) is 8.73. The van der Waals surface area contributed by atoms with Gasteiger partial charge in [0.15, 0.2) is 0 Å². The lowest BCUT2D eigenvalue weighted by Gasteiger charge is -2.06. The maximum atomic E-state index is 12.3. The summed E-state index contributed by atoms with van der Waals surface area (Å²) >= 11 is 1.25. The second kappa shape index (κ2) is 9.84. The molecule has 0 spiro atoms. The highest BCUT2D eigenvalue weighted by Crippen LogP contribution is 2.30. The number of nitrogens with one attached hydrogen (secondary N) is 2. The van der Waals surface area contributed by atoms with E-state index in [1.54, 1.807) is 23.5 Å². The van der Waals surface area contributed by atoms with Crippen LogP contribution in [0.15, 0.2) is 12.1 Å². The van der Waals surface area contributed by atoms with Crippen LogP contribution < -0.4 is 10.6 Å². The van der Waals surface area contributed by atoms with Crippen molar-refractivity contribution in [3.05, 3.63) is 23.5 Å². The van der Waals surface area contributed by atoms with Gasteiger partial charge in [-0.2, -0.15) is 10.2 Å². The van der Waals surface area contributed by atoms with Crippen LogP contribution in [0.3, 0.4) is 0 Å². The van der Waals surface area contributed by atoms with Crippen LogP contribution in [0.2, 0.25) is 0 Å². The number of carbonyl (C=O) groups is 2. The van der Waals surface area contributed by atoms with E-state index in [1.165, 1.54) is 11.8 Å². The third kappa shape index (κ3) is 5.46. The summed E-state index contributed by atoms with van der Waals surface area (Å²) in [6.45, 7) is 1.49. The molecule has 11 heteroatoms. The van der Waals surface area contributed by atoms with Gasteiger partial charge >= 0.3 is 0 Å². The molecule has 31 heavy (non-hydrogen) atoms. The van der Waals surface area contributed by atoms with Crippen LogP contribution in [-0.2, 0) is 33.2 Å². The van der Waals surface area contributed by atoms with E-state index in [2.05, 4.69) is 20.8 Å². The van der Waals surface area contributed by atoms with Crippen molar-refractivity contribution in [2.24, 2.45) is 14.1 Å². The lowest BCUT2D eigenvalue weighted by molar-refractivity contribution is -0.114. The number of hydrogen-bond acceptors (Lipinski definition) is 7. The zero-order valence-corrected chi connectivity index (χ0v) is 18.6. The molecule has 2 atom stereocenters. The first kappa shape index (κ1) is 21.8. The van der Waals surface area contributed by atoms with Gasteiger partial charge in [0.25, 0.3) is 0 Å². The molecule has 4 heterocycles. The average Bonchev–Trinajstić information content (AvgIpc) is 3.51. The van der Waals surface area contributed by atoms with Crippen LogP contribution in [0.25, 0.3) is 0 Å². The molecule has 2 unspecified atom stereocenters. The number of hydrogen-bond donors (Lipinski definition) is 2. The topological polar surface area (TPSA) is 112 Å². The summed E-state index contributed by atoms with van der Waals surface area (Å²) in [6, 6.07) is 3.69. The van der Waals surface area contributed by atoms with Gasteiger partial charge in [-0.1, -0.05) is 0 Å².